The fourth-order valence-corrected chi connectivity index (χ4v) is 4.11. The maximum atomic E-state index is 12.6. The van der Waals surface area contributed by atoms with Crippen LogP contribution in [0.2, 0.25) is 15.1 Å². The van der Waals surface area contributed by atoms with Gasteiger partial charge in [0.2, 0.25) is 15.9 Å². The van der Waals surface area contributed by atoms with Crippen molar-refractivity contribution in [2.24, 2.45) is 0 Å². The molecule has 0 aliphatic carbocycles. The third kappa shape index (κ3) is 4.82. The van der Waals surface area contributed by atoms with Crippen LogP contribution in [0.25, 0.3) is 0 Å². The Labute approximate surface area is 167 Å². The van der Waals surface area contributed by atoms with Crippen LogP contribution >= 0.6 is 34.8 Å². The third-order valence-electron chi connectivity index (χ3n) is 3.68. The van der Waals surface area contributed by atoms with E-state index in [1.807, 2.05) is 0 Å². The highest BCUT2D eigenvalue weighted by molar-refractivity contribution is 7.92. The fourth-order valence-electron chi connectivity index (χ4n) is 2.42. The summed E-state index contributed by atoms with van der Waals surface area (Å²) in [6, 6.07) is 8.45. The van der Waals surface area contributed by atoms with E-state index in [-0.39, 0.29) is 5.02 Å². The summed E-state index contributed by atoms with van der Waals surface area (Å²) in [5, 5.41) is 3.65. The highest BCUT2D eigenvalue weighted by Crippen LogP contribution is 2.29. The molecule has 0 unspecified atom stereocenters. The molecule has 2 aromatic carbocycles. The standard InChI is InChI=1S/C17H17Cl3N2O3S/c1-10-4-5-12(18)8-16(10)22(26(3,24)25)11(2)17(23)21-13-6-7-14(19)15(20)9-13/h4-9,11H,1-3H3,(H,21,23)/t11-/m1/s1. The molecule has 0 spiro atoms. The lowest BCUT2D eigenvalue weighted by Gasteiger charge is -2.29. The molecule has 0 radical (unpaired) electrons. The summed E-state index contributed by atoms with van der Waals surface area (Å²) >= 11 is 17.8. The number of aryl methyl sites for hydroxylation is 1. The Morgan fingerprint density at radius 2 is 1.73 bits per heavy atom. The van der Waals surface area contributed by atoms with Crippen LogP contribution in [-0.4, -0.2) is 26.6 Å². The smallest absolute Gasteiger partial charge is 0.247 e. The lowest BCUT2D eigenvalue weighted by molar-refractivity contribution is -0.116. The first-order valence-corrected chi connectivity index (χ1v) is 10.5. The van der Waals surface area contributed by atoms with E-state index in [2.05, 4.69) is 5.32 Å². The Hall–Kier alpha value is -1.47. The van der Waals surface area contributed by atoms with E-state index < -0.39 is 22.0 Å². The first-order chi connectivity index (χ1) is 12.0. The lowest BCUT2D eigenvalue weighted by atomic mass is 10.1. The van der Waals surface area contributed by atoms with E-state index in [4.69, 9.17) is 34.8 Å². The molecule has 1 N–H and O–H groups in total. The van der Waals surface area contributed by atoms with Crippen LogP contribution < -0.4 is 9.62 Å². The van der Waals surface area contributed by atoms with Crippen molar-refractivity contribution in [3.8, 4) is 0 Å². The summed E-state index contributed by atoms with van der Waals surface area (Å²) in [6.07, 6.45) is 1.04. The Morgan fingerprint density at radius 1 is 1.08 bits per heavy atom. The molecule has 1 atom stereocenters. The van der Waals surface area contributed by atoms with Crippen molar-refractivity contribution in [3.05, 3.63) is 57.0 Å². The lowest BCUT2D eigenvalue weighted by Crippen LogP contribution is -2.45. The molecule has 0 saturated heterocycles. The summed E-state index contributed by atoms with van der Waals surface area (Å²) < 4.78 is 25.8. The van der Waals surface area contributed by atoms with Gasteiger partial charge in [-0.1, -0.05) is 40.9 Å². The number of nitrogens with zero attached hydrogens (tertiary/aromatic N) is 1. The number of anilines is 2. The summed E-state index contributed by atoms with van der Waals surface area (Å²) in [4.78, 5) is 12.6. The average molecular weight is 436 g/mol. The van der Waals surface area contributed by atoms with Gasteiger partial charge in [0.15, 0.2) is 0 Å². The molecule has 0 aliphatic rings. The largest absolute Gasteiger partial charge is 0.324 e. The topological polar surface area (TPSA) is 66.5 Å². The van der Waals surface area contributed by atoms with Crippen molar-refractivity contribution in [1.29, 1.82) is 0 Å². The molecule has 0 aromatic heterocycles. The average Bonchev–Trinajstić information content (AvgIpc) is 2.53. The van der Waals surface area contributed by atoms with Crippen LogP contribution in [0.4, 0.5) is 11.4 Å². The van der Waals surface area contributed by atoms with Crippen molar-refractivity contribution in [2.45, 2.75) is 19.9 Å². The normalized spacial score (nSPS) is 12.5. The first kappa shape index (κ1) is 20.8. The number of hydrogen-bond donors (Lipinski definition) is 1. The van der Waals surface area contributed by atoms with Gasteiger partial charge in [-0.2, -0.15) is 0 Å². The number of sulfonamides is 1. The van der Waals surface area contributed by atoms with Gasteiger partial charge in [-0.15, -0.1) is 0 Å². The summed E-state index contributed by atoms with van der Waals surface area (Å²) in [5.74, 6) is -0.520. The molecule has 1 amide bonds. The van der Waals surface area contributed by atoms with Gasteiger partial charge >= 0.3 is 0 Å². The van der Waals surface area contributed by atoms with Crippen LogP contribution in [-0.2, 0) is 14.8 Å². The zero-order chi connectivity index (χ0) is 19.6. The van der Waals surface area contributed by atoms with Crippen LogP contribution in [0.3, 0.4) is 0 Å². The van der Waals surface area contributed by atoms with Crippen molar-refractivity contribution in [2.75, 3.05) is 15.9 Å². The number of halogens is 3. The Bertz CT molecular complexity index is 948. The molecule has 5 nitrogen and oxygen atoms in total. The van der Waals surface area contributed by atoms with E-state index in [0.717, 1.165) is 10.6 Å². The molecule has 0 fully saturated rings. The van der Waals surface area contributed by atoms with Crippen molar-refractivity contribution < 1.29 is 13.2 Å². The zero-order valence-electron chi connectivity index (χ0n) is 14.3. The second-order valence-electron chi connectivity index (χ2n) is 5.78. The van der Waals surface area contributed by atoms with Crippen LogP contribution in [0.5, 0.6) is 0 Å². The van der Waals surface area contributed by atoms with Gasteiger partial charge in [-0.3, -0.25) is 9.10 Å². The van der Waals surface area contributed by atoms with Crippen molar-refractivity contribution in [3.63, 3.8) is 0 Å². The predicted octanol–water partition coefficient (Wildman–Crippen LogP) is 4.75. The molecule has 26 heavy (non-hydrogen) atoms. The van der Waals surface area contributed by atoms with Crippen LogP contribution in [0, 0.1) is 6.92 Å². The van der Waals surface area contributed by atoms with Crippen molar-refractivity contribution in [1.82, 2.24) is 0 Å². The van der Waals surface area contributed by atoms with Gasteiger partial charge in [-0.25, -0.2) is 8.42 Å². The summed E-state index contributed by atoms with van der Waals surface area (Å²) in [7, 11) is -3.74. The highest BCUT2D eigenvalue weighted by atomic mass is 35.5. The van der Waals surface area contributed by atoms with Gasteiger partial charge in [0.1, 0.15) is 6.04 Å². The van der Waals surface area contributed by atoms with Gasteiger partial charge in [-0.05, 0) is 49.7 Å². The second-order valence-corrected chi connectivity index (χ2v) is 8.89. The number of carbonyl (C=O) groups is 1. The first-order valence-electron chi connectivity index (χ1n) is 7.52. The Kier molecular flexibility index (Phi) is 6.45. The molecule has 2 rings (SSSR count). The minimum Gasteiger partial charge on any atom is -0.324 e. The van der Waals surface area contributed by atoms with Gasteiger partial charge < -0.3 is 5.32 Å². The quantitative estimate of drug-likeness (QED) is 0.737. The second kappa shape index (κ2) is 8.05. The van der Waals surface area contributed by atoms with E-state index in [1.54, 1.807) is 31.2 Å². The molecule has 140 valence electrons. The van der Waals surface area contributed by atoms with Crippen LogP contribution in [0.15, 0.2) is 36.4 Å². The summed E-state index contributed by atoms with van der Waals surface area (Å²) in [5.41, 5.74) is 1.43. The SMILES string of the molecule is Cc1ccc(Cl)cc1N([C@H](C)C(=O)Nc1ccc(Cl)c(Cl)c1)S(C)(=O)=O. The molecule has 0 aliphatic heterocycles. The molecule has 0 saturated carbocycles. The number of amides is 1. The maximum Gasteiger partial charge on any atom is 0.247 e. The predicted molar refractivity (Wildman–Crippen MR) is 108 cm³/mol. The van der Waals surface area contributed by atoms with E-state index >= 15 is 0 Å². The van der Waals surface area contributed by atoms with Crippen molar-refractivity contribution >= 4 is 62.1 Å². The molecular formula is C17H17Cl3N2O3S. The number of benzene rings is 2. The summed E-state index contributed by atoms with van der Waals surface area (Å²) in [6.45, 7) is 3.24. The minimum atomic E-state index is -3.74. The Balaban J connectivity index is 2.37. The van der Waals surface area contributed by atoms with Gasteiger partial charge in [0.25, 0.3) is 0 Å². The van der Waals surface area contributed by atoms with Gasteiger partial charge in [0, 0.05) is 10.7 Å². The molecular weight excluding hydrogens is 419 g/mol. The fraction of sp³-hybridized carbons (Fsp3) is 0.235. The number of hydrogen-bond acceptors (Lipinski definition) is 3. The van der Waals surface area contributed by atoms with E-state index in [9.17, 15) is 13.2 Å². The third-order valence-corrected chi connectivity index (χ3v) is 5.89. The highest BCUT2D eigenvalue weighted by Gasteiger charge is 2.30. The monoisotopic (exact) mass is 434 g/mol. The van der Waals surface area contributed by atoms with E-state index in [1.165, 1.54) is 19.1 Å². The molecule has 0 heterocycles. The number of carbonyl (C=O) groups excluding carboxylic acids is 1. The number of nitrogens with one attached hydrogen (secondary N) is 1. The zero-order valence-corrected chi connectivity index (χ0v) is 17.3. The molecule has 0 bridgehead atoms. The molecule has 2 aromatic rings. The van der Waals surface area contributed by atoms with Crippen LogP contribution in [0.1, 0.15) is 12.5 Å². The maximum absolute atomic E-state index is 12.6. The Morgan fingerprint density at radius 3 is 2.31 bits per heavy atom. The van der Waals surface area contributed by atoms with Gasteiger partial charge in [0.05, 0.1) is 22.0 Å². The minimum absolute atomic E-state index is 0.280. The van der Waals surface area contributed by atoms with E-state index in [0.29, 0.717) is 27.0 Å². The number of rotatable bonds is 5. The molecule has 9 heteroatoms.